The Bertz CT molecular complexity index is 704. The van der Waals surface area contributed by atoms with Gasteiger partial charge < -0.3 is 19.9 Å². The van der Waals surface area contributed by atoms with Crippen LogP contribution in [0.2, 0.25) is 0 Å². The molecule has 24 heavy (non-hydrogen) atoms. The highest BCUT2D eigenvalue weighted by Crippen LogP contribution is 2.30. The molecule has 2 aromatic rings. The molecule has 1 atom stereocenters. The SMILES string of the molecule is COc1ccc(C(CC(=O)O)NC(=O)Cn2cnnn2)cc1OC. The van der Waals surface area contributed by atoms with E-state index in [1.165, 1.54) is 25.2 Å². The number of hydrogen-bond acceptors (Lipinski definition) is 7. The van der Waals surface area contributed by atoms with Crippen molar-refractivity contribution >= 4 is 11.9 Å². The maximum absolute atomic E-state index is 12.1. The lowest BCUT2D eigenvalue weighted by Crippen LogP contribution is -2.33. The number of methoxy groups -OCH3 is 2. The first kappa shape index (κ1) is 17.2. The van der Waals surface area contributed by atoms with Crippen LogP contribution in [0.1, 0.15) is 18.0 Å². The molecule has 0 aliphatic carbocycles. The standard InChI is InChI=1S/C14H17N5O5/c1-23-11-4-3-9(5-12(11)24-2)10(6-14(21)22)16-13(20)7-19-8-15-17-18-19/h3-5,8,10H,6-7H2,1-2H3,(H,16,20)(H,21,22). The van der Waals surface area contributed by atoms with Gasteiger partial charge in [-0.15, -0.1) is 5.10 Å². The van der Waals surface area contributed by atoms with Crippen LogP contribution < -0.4 is 14.8 Å². The number of ether oxygens (including phenoxy) is 2. The number of tetrazole rings is 1. The predicted molar refractivity (Wildman–Crippen MR) is 80.5 cm³/mol. The van der Waals surface area contributed by atoms with Crippen LogP contribution in [0.5, 0.6) is 11.5 Å². The summed E-state index contributed by atoms with van der Waals surface area (Å²) in [6, 6.07) is 4.22. The third-order valence-electron chi connectivity index (χ3n) is 3.22. The lowest BCUT2D eigenvalue weighted by atomic mass is 10.0. The van der Waals surface area contributed by atoms with E-state index in [-0.39, 0.29) is 13.0 Å². The van der Waals surface area contributed by atoms with Gasteiger partial charge in [-0.25, -0.2) is 4.68 Å². The van der Waals surface area contributed by atoms with E-state index < -0.39 is 17.9 Å². The number of amides is 1. The summed E-state index contributed by atoms with van der Waals surface area (Å²) in [5.41, 5.74) is 0.583. The molecule has 1 aromatic carbocycles. The molecule has 1 heterocycles. The first-order chi connectivity index (χ1) is 11.5. The largest absolute Gasteiger partial charge is 0.493 e. The van der Waals surface area contributed by atoms with Gasteiger partial charge in [-0.05, 0) is 28.1 Å². The lowest BCUT2D eigenvalue weighted by Gasteiger charge is -2.19. The summed E-state index contributed by atoms with van der Waals surface area (Å²) in [6.07, 6.45) is 1.01. The number of carbonyl (C=O) groups is 2. The highest BCUT2D eigenvalue weighted by Gasteiger charge is 2.20. The Balaban J connectivity index is 2.18. The molecule has 2 N–H and O–H groups in total. The molecule has 0 aliphatic heterocycles. The van der Waals surface area contributed by atoms with Gasteiger partial charge in [0.15, 0.2) is 11.5 Å². The second-order valence-electron chi connectivity index (χ2n) is 4.84. The maximum Gasteiger partial charge on any atom is 0.305 e. The zero-order valence-corrected chi connectivity index (χ0v) is 13.2. The Hall–Kier alpha value is -3.17. The van der Waals surface area contributed by atoms with Gasteiger partial charge in [-0.2, -0.15) is 0 Å². The summed E-state index contributed by atoms with van der Waals surface area (Å²) in [6.45, 7) is -0.115. The Morgan fingerprint density at radius 2 is 2.04 bits per heavy atom. The van der Waals surface area contributed by atoms with E-state index in [2.05, 4.69) is 20.8 Å². The lowest BCUT2D eigenvalue weighted by molar-refractivity contribution is -0.137. The fourth-order valence-electron chi connectivity index (χ4n) is 2.14. The van der Waals surface area contributed by atoms with Crippen molar-refractivity contribution in [1.82, 2.24) is 25.5 Å². The minimum absolute atomic E-state index is 0.115. The average molecular weight is 335 g/mol. The molecule has 0 saturated carbocycles. The molecule has 2 rings (SSSR count). The molecule has 0 aliphatic rings. The second-order valence-corrected chi connectivity index (χ2v) is 4.84. The maximum atomic E-state index is 12.1. The number of nitrogens with zero attached hydrogens (tertiary/aromatic N) is 4. The molecule has 0 fully saturated rings. The highest BCUT2D eigenvalue weighted by molar-refractivity contribution is 5.77. The van der Waals surface area contributed by atoms with E-state index in [9.17, 15) is 9.59 Å². The summed E-state index contributed by atoms with van der Waals surface area (Å²) in [7, 11) is 2.98. The van der Waals surface area contributed by atoms with E-state index in [1.54, 1.807) is 18.2 Å². The average Bonchev–Trinajstić information content (AvgIpc) is 3.05. The number of rotatable bonds is 8. The quantitative estimate of drug-likeness (QED) is 0.691. The predicted octanol–water partition coefficient (Wildman–Crippen LogP) is 0.0225. The van der Waals surface area contributed by atoms with Crippen LogP contribution in [-0.4, -0.2) is 51.4 Å². The molecule has 0 spiro atoms. The molecular weight excluding hydrogens is 318 g/mol. The van der Waals surface area contributed by atoms with Gasteiger partial charge in [0.25, 0.3) is 0 Å². The molecule has 0 radical (unpaired) electrons. The fraction of sp³-hybridized carbons (Fsp3) is 0.357. The Morgan fingerprint density at radius 1 is 1.29 bits per heavy atom. The number of benzene rings is 1. The third kappa shape index (κ3) is 4.41. The molecule has 10 heteroatoms. The van der Waals surface area contributed by atoms with Crippen LogP contribution in [0.25, 0.3) is 0 Å². The molecule has 0 saturated heterocycles. The third-order valence-corrected chi connectivity index (χ3v) is 3.22. The number of nitrogens with one attached hydrogen (secondary N) is 1. The van der Waals surface area contributed by atoms with Crippen molar-refractivity contribution in [2.24, 2.45) is 0 Å². The van der Waals surface area contributed by atoms with E-state index >= 15 is 0 Å². The minimum atomic E-state index is -1.04. The Labute approximate surface area is 137 Å². The van der Waals surface area contributed by atoms with Crippen LogP contribution in [0.3, 0.4) is 0 Å². The highest BCUT2D eigenvalue weighted by atomic mass is 16.5. The first-order valence-corrected chi connectivity index (χ1v) is 6.97. The minimum Gasteiger partial charge on any atom is -0.493 e. The normalized spacial score (nSPS) is 11.6. The van der Waals surface area contributed by atoms with Gasteiger partial charge >= 0.3 is 5.97 Å². The molecular formula is C14H17N5O5. The summed E-state index contributed by atoms with van der Waals surface area (Å²) in [5, 5.41) is 22.2. The van der Waals surface area contributed by atoms with Crippen LogP contribution in [0.15, 0.2) is 24.5 Å². The summed E-state index contributed by atoms with van der Waals surface area (Å²) < 4.78 is 11.6. The molecule has 1 amide bonds. The summed E-state index contributed by atoms with van der Waals surface area (Å²) in [4.78, 5) is 23.2. The smallest absolute Gasteiger partial charge is 0.305 e. The first-order valence-electron chi connectivity index (χ1n) is 6.97. The summed E-state index contributed by atoms with van der Waals surface area (Å²) >= 11 is 0. The Kier molecular flexibility index (Phi) is 5.66. The van der Waals surface area contributed by atoms with Gasteiger partial charge in [0, 0.05) is 0 Å². The zero-order chi connectivity index (χ0) is 17.5. The molecule has 0 bridgehead atoms. The van der Waals surface area contributed by atoms with Crippen molar-refractivity contribution in [1.29, 1.82) is 0 Å². The van der Waals surface area contributed by atoms with Crippen molar-refractivity contribution in [3.8, 4) is 11.5 Å². The van der Waals surface area contributed by atoms with E-state index in [4.69, 9.17) is 14.6 Å². The number of hydrogen-bond donors (Lipinski definition) is 2. The number of carbonyl (C=O) groups excluding carboxylic acids is 1. The van der Waals surface area contributed by atoms with Crippen LogP contribution >= 0.6 is 0 Å². The molecule has 1 unspecified atom stereocenters. The monoisotopic (exact) mass is 335 g/mol. The van der Waals surface area contributed by atoms with E-state index in [0.717, 1.165) is 0 Å². The van der Waals surface area contributed by atoms with Gasteiger partial charge in [0.1, 0.15) is 12.9 Å². The van der Waals surface area contributed by atoms with Crippen molar-refractivity contribution in [3.05, 3.63) is 30.1 Å². The van der Waals surface area contributed by atoms with Gasteiger partial charge in [0.2, 0.25) is 5.91 Å². The zero-order valence-electron chi connectivity index (χ0n) is 13.2. The topological polar surface area (TPSA) is 128 Å². The molecule has 128 valence electrons. The number of aromatic nitrogens is 4. The van der Waals surface area contributed by atoms with Crippen molar-refractivity contribution in [3.63, 3.8) is 0 Å². The van der Waals surface area contributed by atoms with Crippen LogP contribution in [-0.2, 0) is 16.1 Å². The van der Waals surface area contributed by atoms with E-state index in [1.807, 2.05) is 0 Å². The van der Waals surface area contributed by atoms with Gasteiger partial charge in [-0.3, -0.25) is 9.59 Å². The van der Waals surface area contributed by atoms with Gasteiger partial charge in [-0.1, -0.05) is 6.07 Å². The van der Waals surface area contributed by atoms with E-state index in [0.29, 0.717) is 17.1 Å². The second kappa shape index (κ2) is 7.90. The number of carboxylic acid groups (broad SMARTS) is 1. The van der Waals surface area contributed by atoms with Crippen molar-refractivity contribution < 1.29 is 24.2 Å². The summed E-state index contributed by atoms with van der Waals surface area (Å²) in [5.74, 6) is -0.503. The van der Waals surface area contributed by atoms with Crippen LogP contribution in [0, 0.1) is 0 Å². The van der Waals surface area contributed by atoms with Crippen molar-refractivity contribution in [2.75, 3.05) is 14.2 Å². The molecule has 10 nitrogen and oxygen atoms in total. The fourth-order valence-corrected chi connectivity index (χ4v) is 2.14. The number of carboxylic acids is 1. The van der Waals surface area contributed by atoms with Crippen LogP contribution in [0.4, 0.5) is 0 Å². The molecule has 1 aromatic heterocycles. The Morgan fingerprint density at radius 3 is 2.62 bits per heavy atom. The van der Waals surface area contributed by atoms with Crippen molar-refractivity contribution in [2.45, 2.75) is 19.0 Å². The van der Waals surface area contributed by atoms with Gasteiger partial charge in [0.05, 0.1) is 26.7 Å². The number of aliphatic carboxylic acids is 1.